The Morgan fingerprint density at radius 1 is 1.25 bits per heavy atom. The summed E-state index contributed by atoms with van der Waals surface area (Å²) in [6.07, 6.45) is 2.13. The zero-order chi connectivity index (χ0) is 12.6. The standard InChI is InChI=1S/C12H27N3O/c1-5-15(6-2)10-8-7-9-14-11(16)12(3,4)13/h5-10,13H2,1-4H3,(H,14,16). The fraction of sp³-hybridized carbons (Fsp3) is 0.917. The summed E-state index contributed by atoms with van der Waals surface area (Å²) in [5, 5.41) is 2.85. The molecule has 3 N–H and O–H groups in total. The highest BCUT2D eigenvalue weighted by Crippen LogP contribution is 1.97. The van der Waals surface area contributed by atoms with Gasteiger partial charge < -0.3 is 16.0 Å². The highest BCUT2D eigenvalue weighted by atomic mass is 16.2. The van der Waals surface area contributed by atoms with Crippen LogP contribution < -0.4 is 11.1 Å². The molecule has 0 radical (unpaired) electrons. The van der Waals surface area contributed by atoms with Crippen molar-refractivity contribution in [2.75, 3.05) is 26.2 Å². The van der Waals surface area contributed by atoms with Crippen LogP contribution in [0.4, 0.5) is 0 Å². The maximum Gasteiger partial charge on any atom is 0.239 e. The van der Waals surface area contributed by atoms with E-state index >= 15 is 0 Å². The molecule has 0 unspecified atom stereocenters. The molecule has 0 saturated carbocycles. The van der Waals surface area contributed by atoms with E-state index in [9.17, 15) is 4.79 Å². The maximum absolute atomic E-state index is 11.4. The number of hydrogen-bond acceptors (Lipinski definition) is 3. The Hall–Kier alpha value is -0.610. The van der Waals surface area contributed by atoms with Gasteiger partial charge in [-0.25, -0.2) is 0 Å². The van der Waals surface area contributed by atoms with Gasteiger partial charge in [0.1, 0.15) is 0 Å². The topological polar surface area (TPSA) is 58.4 Å². The lowest BCUT2D eigenvalue weighted by Gasteiger charge is -2.19. The van der Waals surface area contributed by atoms with Gasteiger partial charge >= 0.3 is 0 Å². The van der Waals surface area contributed by atoms with Crippen molar-refractivity contribution < 1.29 is 4.79 Å². The van der Waals surface area contributed by atoms with Gasteiger partial charge in [0.2, 0.25) is 5.91 Å². The summed E-state index contributed by atoms with van der Waals surface area (Å²) in [5.41, 5.74) is 4.90. The first-order valence-electron chi connectivity index (χ1n) is 6.21. The van der Waals surface area contributed by atoms with Crippen LogP contribution in [0, 0.1) is 0 Å². The van der Waals surface area contributed by atoms with E-state index in [4.69, 9.17) is 5.73 Å². The number of carbonyl (C=O) groups is 1. The molecule has 4 nitrogen and oxygen atoms in total. The summed E-state index contributed by atoms with van der Waals surface area (Å²) < 4.78 is 0. The number of nitrogens with two attached hydrogens (primary N) is 1. The number of rotatable bonds is 8. The first-order valence-corrected chi connectivity index (χ1v) is 6.21. The molecule has 0 bridgehead atoms. The second-order valence-electron chi connectivity index (χ2n) is 4.71. The lowest BCUT2D eigenvalue weighted by molar-refractivity contribution is -0.125. The summed E-state index contributed by atoms with van der Waals surface area (Å²) in [5.74, 6) is -0.0738. The summed E-state index contributed by atoms with van der Waals surface area (Å²) in [7, 11) is 0. The van der Waals surface area contributed by atoms with E-state index in [0.717, 1.165) is 39.0 Å². The van der Waals surface area contributed by atoms with Crippen molar-refractivity contribution in [3.8, 4) is 0 Å². The summed E-state index contributed by atoms with van der Waals surface area (Å²) in [6.45, 7) is 11.8. The predicted molar refractivity (Wildman–Crippen MR) is 68.3 cm³/mol. The van der Waals surface area contributed by atoms with Gasteiger partial charge in [0, 0.05) is 6.54 Å². The van der Waals surface area contributed by atoms with Crippen LogP contribution in [-0.4, -0.2) is 42.5 Å². The van der Waals surface area contributed by atoms with Gasteiger partial charge in [-0.2, -0.15) is 0 Å². The number of nitrogens with one attached hydrogen (secondary N) is 1. The zero-order valence-corrected chi connectivity index (χ0v) is 11.2. The smallest absolute Gasteiger partial charge is 0.239 e. The van der Waals surface area contributed by atoms with Crippen LogP contribution in [0.15, 0.2) is 0 Å². The Labute approximate surface area is 99.6 Å². The molecule has 0 heterocycles. The summed E-state index contributed by atoms with van der Waals surface area (Å²) in [4.78, 5) is 13.8. The molecule has 96 valence electrons. The minimum absolute atomic E-state index is 0.0738. The van der Waals surface area contributed by atoms with Gasteiger partial charge in [-0.1, -0.05) is 13.8 Å². The van der Waals surface area contributed by atoms with E-state index in [0.29, 0.717) is 0 Å². The normalized spacial score (nSPS) is 11.9. The number of amides is 1. The van der Waals surface area contributed by atoms with Crippen LogP contribution in [0.3, 0.4) is 0 Å². The summed E-state index contributed by atoms with van der Waals surface area (Å²) in [6, 6.07) is 0. The van der Waals surface area contributed by atoms with Crippen molar-refractivity contribution in [3.63, 3.8) is 0 Å². The molecule has 0 aliphatic rings. The Morgan fingerprint density at radius 3 is 2.25 bits per heavy atom. The van der Waals surface area contributed by atoms with E-state index in [1.165, 1.54) is 0 Å². The average Bonchev–Trinajstić information content (AvgIpc) is 2.21. The van der Waals surface area contributed by atoms with E-state index in [-0.39, 0.29) is 5.91 Å². The largest absolute Gasteiger partial charge is 0.355 e. The highest BCUT2D eigenvalue weighted by Gasteiger charge is 2.20. The van der Waals surface area contributed by atoms with Crippen LogP contribution in [0.25, 0.3) is 0 Å². The van der Waals surface area contributed by atoms with Crippen molar-refractivity contribution in [3.05, 3.63) is 0 Å². The lowest BCUT2D eigenvalue weighted by Crippen LogP contribution is -2.49. The Morgan fingerprint density at radius 2 is 1.81 bits per heavy atom. The summed E-state index contributed by atoms with van der Waals surface area (Å²) >= 11 is 0. The van der Waals surface area contributed by atoms with Crippen molar-refractivity contribution in [2.24, 2.45) is 5.73 Å². The van der Waals surface area contributed by atoms with Crippen molar-refractivity contribution in [1.29, 1.82) is 0 Å². The average molecular weight is 229 g/mol. The van der Waals surface area contributed by atoms with Crippen LogP contribution in [0.5, 0.6) is 0 Å². The molecule has 0 aromatic rings. The Kier molecular flexibility index (Phi) is 7.34. The second kappa shape index (κ2) is 7.63. The van der Waals surface area contributed by atoms with Crippen molar-refractivity contribution in [2.45, 2.75) is 46.1 Å². The predicted octanol–water partition coefficient (Wildman–Crippen LogP) is 0.962. The number of nitrogens with zero attached hydrogens (tertiary/aromatic N) is 1. The quantitative estimate of drug-likeness (QED) is 0.610. The fourth-order valence-corrected chi connectivity index (χ4v) is 1.43. The molecular formula is C12H27N3O. The van der Waals surface area contributed by atoms with Crippen LogP contribution in [-0.2, 0) is 4.79 Å². The molecule has 16 heavy (non-hydrogen) atoms. The molecule has 0 aliphatic carbocycles. The van der Waals surface area contributed by atoms with Gasteiger partial charge in [0.15, 0.2) is 0 Å². The molecule has 0 aromatic carbocycles. The van der Waals surface area contributed by atoms with E-state index in [1.54, 1.807) is 13.8 Å². The Bertz CT molecular complexity index is 195. The van der Waals surface area contributed by atoms with Crippen LogP contribution in [0.2, 0.25) is 0 Å². The third-order valence-electron chi connectivity index (χ3n) is 2.67. The SMILES string of the molecule is CCN(CC)CCCCNC(=O)C(C)(C)N. The van der Waals surface area contributed by atoms with Crippen molar-refractivity contribution in [1.82, 2.24) is 10.2 Å². The van der Waals surface area contributed by atoms with Crippen LogP contribution >= 0.6 is 0 Å². The van der Waals surface area contributed by atoms with Crippen LogP contribution in [0.1, 0.15) is 40.5 Å². The molecule has 0 rings (SSSR count). The first-order chi connectivity index (χ1) is 7.41. The molecule has 1 amide bonds. The first kappa shape index (κ1) is 15.4. The minimum atomic E-state index is -0.765. The lowest BCUT2D eigenvalue weighted by atomic mass is 10.1. The van der Waals surface area contributed by atoms with Gasteiger partial charge in [-0.15, -0.1) is 0 Å². The van der Waals surface area contributed by atoms with E-state index in [1.807, 2.05) is 0 Å². The molecule has 0 fully saturated rings. The van der Waals surface area contributed by atoms with Gasteiger partial charge in [-0.3, -0.25) is 4.79 Å². The fourth-order valence-electron chi connectivity index (χ4n) is 1.43. The van der Waals surface area contributed by atoms with Crippen molar-refractivity contribution >= 4 is 5.91 Å². The molecule has 0 aliphatic heterocycles. The second-order valence-corrected chi connectivity index (χ2v) is 4.71. The third-order valence-corrected chi connectivity index (χ3v) is 2.67. The number of hydrogen-bond donors (Lipinski definition) is 2. The number of unbranched alkanes of at least 4 members (excludes halogenated alkanes) is 1. The molecule has 0 saturated heterocycles. The Balaban J connectivity index is 3.51. The highest BCUT2D eigenvalue weighted by molar-refractivity contribution is 5.84. The minimum Gasteiger partial charge on any atom is -0.355 e. The molecule has 0 spiro atoms. The number of carbonyl (C=O) groups excluding carboxylic acids is 1. The van der Waals surface area contributed by atoms with Gasteiger partial charge in [-0.05, 0) is 46.3 Å². The van der Waals surface area contributed by atoms with E-state index < -0.39 is 5.54 Å². The molecule has 0 aromatic heterocycles. The van der Waals surface area contributed by atoms with Gasteiger partial charge in [0.05, 0.1) is 5.54 Å². The molecule has 4 heteroatoms. The molecule has 0 atom stereocenters. The van der Waals surface area contributed by atoms with E-state index in [2.05, 4.69) is 24.1 Å². The zero-order valence-electron chi connectivity index (χ0n) is 11.2. The maximum atomic E-state index is 11.4. The van der Waals surface area contributed by atoms with Gasteiger partial charge in [0.25, 0.3) is 0 Å². The molecular weight excluding hydrogens is 202 g/mol. The monoisotopic (exact) mass is 229 g/mol. The third kappa shape index (κ3) is 6.80.